The van der Waals surface area contributed by atoms with Crippen molar-refractivity contribution in [3.63, 3.8) is 0 Å². The molecule has 112 valence electrons. The van der Waals surface area contributed by atoms with Crippen molar-refractivity contribution in [1.82, 2.24) is 14.3 Å². The fourth-order valence-corrected chi connectivity index (χ4v) is 5.38. The van der Waals surface area contributed by atoms with E-state index in [4.69, 9.17) is 5.11 Å². The van der Waals surface area contributed by atoms with Crippen LogP contribution in [0.2, 0.25) is 0 Å². The molecule has 20 heavy (non-hydrogen) atoms. The minimum atomic E-state index is -4.12. The van der Waals surface area contributed by atoms with Crippen LogP contribution < -0.4 is 0 Å². The second-order valence-electron chi connectivity index (χ2n) is 4.42. The molecule has 0 bridgehead atoms. The van der Waals surface area contributed by atoms with Gasteiger partial charge in [0.2, 0.25) is 0 Å². The second kappa shape index (κ2) is 5.14. The molecule has 1 aliphatic heterocycles. The molecule has 2 N–H and O–H groups in total. The van der Waals surface area contributed by atoms with Crippen molar-refractivity contribution >= 4 is 25.8 Å². The van der Waals surface area contributed by atoms with E-state index in [2.05, 4.69) is 9.97 Å². The lowest BCUT2D eigenvalue weighted by Gasteiger charge is -2.24. The Bertz CT molecular complexity index is 694. The van der Waals surface area contributed by atoms with Crippen molar-refractivity contribution in [3.8, 4) is 0 Å². The molecule has 0 amide bonds. The van der Waals surface area contributed by atoms with Gasteiger partial charge < -0.3 is 10.1 Å². The number of nitrogens with one attached hydrogen (secondary N) is 1. The molecule has 2 rings (SSSR count). The first-order valence-electron chi connectivity index (χ1n) is 5.65. The first-order chi connectivity index (χ1) is 9.22. The number of aromatic nitrogens is 2. The van der Waals surface area contributed by atoms with Gasteiger partial charge in [-0.15, -0.1) is 0 Å². The second-order valence-corrected chi connectivity index (χ2v) is 8.50. The Kier molecular flexibility index (Phi) is 3.84. The monoisotopic (exact) mass is 323 g/mol. The first-order valence-corrected chi connectivity index (χ1v) is 8.91. The number of aromatic amines is 1. The number of sulfonamides is 1. The third kappa shape index (κ3) is 2.99. The van der Waals surface area contributed by atoms with Gasteiger partial charge in [0.05, 0.1) is 24.0 Å². The van der Waals surface area contributed by atoms with Crippen molar-refractivity contribution in [2.24, 2.45) is 0 Å². The molecule has 1 aromatic heterocycles. The Morgan fingerprint density at radius 3 is 2.70 bits per heavy atom. The largest absolute Gasteiger partial charge is 0.480 e. The molecule has 1 saturated heterocycles. The summed E-state index contributed by atoms with van der Waals surface area (Å²) in [6.07, 6.45) is 2.29. The van der Waals surface area contributed by atoms with Gasteiger partial charge in [-0.1, -0.05) is 0 Å². The van der Waals surface area contributed by atoms with Crippen molar-refractivity contribution in [3.05, 3.63) is 12.5 Å². The van der Waals surface area contributed by atoms with Gasteiger partial charge in [0, 0.05) is 6.04 Å². The summed E-state index contributed by atoms with van der Waals surface area (Å²) in [7, 11) is -7.45. The van der Waals surface area contributed by atoms with Crippen LogP contribution in [-0.2, 0) is 24.7 Å². The van der Waals surface area contributed by atoms with E-state index < -0.39 is 38.4 Å². The van der Waals surface area contributed by atoms with E-state index in [1.807, 2.05) is 0 Å². The van der Waals surface area contributed by atoms with E-state index in [0.29, 0.717) is 4.31 Å². The molecule has 2 heterocycles. The Balaban J connectivity index is 2.36. The number of imidazole rings is 1. The summed E-state index contributed by atoms with van der Waals surface area (Å²) >= 11 is 0. The molecule has 1 aliphatic rings. The zero-order chi connectivity index (χ0) is 15.0. The molecule has 0 aromatic carbocycles. The summed E-state index contributed by atoms with van der Waals surface area (Å²) in [4.78, 5) is 16.8. The summed E-state index contributed by atoms with van der Waals surface area (Å²) in [6.45, 7) is -0.790. The maximum Gasteiger partial charge on any atom is 0.318 e. The van der Waals surface area contributed by atoms with Crippen LogP contribution in [0.3, 0.4) is 0 Å². The molecule has 0 aliphatic carbocycles. The quantitative estimate of drug-likeness (QED) is 0.685. The highest BCUT2D eigenvalue weighted by Crippen LogP contribution is 2.23. The van der Waals surface area contributed by atoms with Gasteiger partial charge in [-0.05, 0) is 6.42 Å². The molecule has 0 saturated carbocycles. The number of aliphatic carboxylic acids is 1. The molecule has 1 unspecified atom stereocenters. The Labute approximate surface area is 115 Å². The van der Waals surface area contributed by atoms with E-state index in [1.165, 1.54) is 0 Å². The normalized spacial score (nSPS) is 22.1. The van der Waals surface area contributed by atoms with Crippen molar-refractivity contribution in [2.75, 3.05) is 18.1 Å². The third-order valence-corrected chi connectivity index (χ3v) is 6.54. The van der Waals surface area contributed by atoms with Crippen LogP contribution in [0.1, 0.15) is 6.42 Å². The fourth-order valence-electron chi connectivity index (χ4n) is 2.06. The number of carboxylic acid groups (broad SMARTS) is 1. The molecule has 0 radical (unpaired) electrons. The minimum absolute atomic E-state index is 0.0863. The number of rotatable bonds is 5. The summed E-state index contributed by atoms with van der Waals surface area (Å²) in [5.41, 5.74) is 0. The van der Waals surface area contributed by atoms with Crippen molar-refractivity contribution in [1.29, 1.82) is 0 Å². The van der Waals surface area contributed by atoms with Crippen LogP contribution in [0, 0.1) is 0 Å². The number of carbonyl (C=O) groups is 1. The minimum Gasteiger partial charge on any atom is -0.480 e. The van der Waals surface area contributed by atoms with Gasteiger partial charge in [0.15, 0.2) is 14.9 Å². The van der Waals surface area contributed by atoms with Crippen LogP contribution in [-0.4, -0.2) is 66.3 Å². The number of H-pyrrole nitrogens is 1. The number of hydrogen-bond acceptors (Lipinski definition) is 6. The van der Waals surface area contributed by atoms with Crippen LogP contribution >= 0.6 is 0 Å². The molecular weight excluding hydrogens is 310 g/mol. The van der Waals surface area contributed by atoms with E-state index in [9.17, 15) is 21.6 Å². The maximum absolute atomic E-state index is 12.3. The van der Waals surface area contributed by atoms with Crippen LogP contribution in [0.25, 0.3) is 0 Å². The molecular formula is C9H13N3O6S2. The van der Waals surface area contributed by atoms with Gasteiger partial charge in [0.25, 0.3) is 10.0 Å². The zero-order valence-corrected chi connectivity index (χ0v) is 11.9. The summed E-state index contributed by atoms with van der Waals surface area (Å²) in [5.74, 6) is -1.86. The van der Waals surface area contributed by atoms with Gasteiger partial charge in [-0.25, -0.2) is 21.8 Å². The zero-order valence-electron chi connectivity index (χ0n) is 10.3. The molecule has 1 aromatic rings. The van der Waals surface area contributed by atoms with E-state index >= 15 is 0 Å². The Hall–Kier alpha value is -1.46. The summed E-state index contributed by atoms with van der Waals surface area (Å²) in [6, 6.07) is -0.871. The van der Waals surface area contributed by atoms with Gasteiger partial charge >= 0.3 is 5.97 Å². The smallest absolute Gasteiger partial charge is 0.318 e. The molecule has 1 atom stereocenters. The van der Waals surface area contributed by atoms with Gasteiger partial charge in [-0.3, -0.25) is 4.79 Å². The van der Waals surface area contributed by atoms with E-state index in [0.717, 1.165) is 12.5 Å². The molecule has 1 fully saturated rings. The lowest BCUT2D eigenvalue weighted by Crippen LogP contribution is -2.44. The summed E-state index contributed by atoms with van der Waals surface area (Å²) in [5, 5.41) is 8.59. The lowest BCUT2D eigenvalue weighted by atomic mass is 10.2. The molecule has 0 spiro atoms. The lowest BCUT2D eigenvalue weighted by molar-refractivity contribution is -0.137. The highest BCUT2D eigenvalue weighted by Gasteiger charge is 2.40. The molecule has 9 nitrogen and oxygen atoms in total. The number of sulfone groups is 1. The van der Waals surface area contributed by atoms with Crippen LogP contribution in [0.5, 0.6) is 0 Å². The topological polar surface area (TPSA) is 138 Å². The standard InChI is InChI=1S/C9H13N3O6S2/c13-9(14)4-12(7-1-2-19(15,16)5-7)20(17,18)8-3-10-6-11-8/h3,6-7H,1-2,4-5H2,(H,10,11)(H,13,14). The predicted molar refractivity (Wildman–Crippen MR) is 67.2 cm³/mol. The van der Waals surface area contributed by atoms with Crippen LogP contribution in [0.4, 0.5) is 0 Å². The Morgan fingerprint density at radius 1 is 1.55 bits per heavy atom. The summed E-state index contributed by atoms with van der Waals surface area (Å²) < 4.78 is 48.3. The van der Waals surface area contributed by atoms with Crippen LogP contribution in [0.15, 0.2) is 17.6 Å². The third-order valence-electron chi connectivity index (χ3n) is 2.97. The number of carboxylic acids is 1. The highest BCUT2D eigenvalue weighted by molar-refractivity contribution is 7.92. The average Bonchev–Trinajstić information content (AvgIpc) is 2.94. The SMILES string of the molecule is O=C(O)CN(C1CCS(=O)(=O)C1)S(=O)(=O)c1cnc[nH]1. The average molecular weight is 323 g/mol. The predicted octanol–water partition coefficient (Wildman–Crippen LogP) is -1.33. The number of hydrogen-bond donors (Lipinski definition) is 2. The van der Waals surface area contributed by atoms with Gasteiger partial charge in [-0.2, -0.15) is 4.31 Å². The first kappa shape index (κ1) is 14.9. The number of nitrogens with zero attached hydrogens (tertiary/aromatic N) is 2. The Morgan fingerprint density at radius 2 is 2.25 bits per heavy atom. The van der Waals surface area contributed by atoms with Gasteiger partial charge in [0.1, 0.15) is 6.54 Å². The van der Waals surface area contributed by atoms with Crippen molar-refractivity contribution < 1.29 is 26.7 Å². The fraction of sp³-hybridized carbons (Fsp3) is 0.556. The van der Waals surface area contributed by atoms with E-state index in [1.54, 1.807) is 0 Å². The van der Waals surface area contributed by atoms with Crippen molar-refractivity contribution in [2.45, 2.75) is 17.5 Å². The van der Waals surface area contributed by atoms with E-state index in [-0.39, 0.29) is 23.0 Å². The maximum atomic E-state index is 12.3. The highest BCUT2D eigenvalue weighted by atomic mass is 32.2. The molecule has 11 heteroatoms.